The summed E-state index contributed by atoms with van der Waals surface area (Å²) < 4.78 is 12.8. The van der Waals surface area contributed by atoms with Gasteiger partial charge in [0.15, 0.2) is 11.3 Å². The first kappa shape index (κ1) is 33.8. The van der Waals surface area contributed by atoms with E-state index in [9.17, 15) is 0 Å². The molecule has 0 fully saturated rings. The highest BCUT2D eigenvalue weighted by Crippen LogP contribution is 2.38. The smallest absolute Gasteiger partial charge is 0.187 e. The fourth-order valence-corrected chi connectivity index (χ4v) is 6.47. The number of aliphatic imine (C=N–C) groups is 2. The number of aromatic nitrogens is 9. The molecule has 2 aromatic carbocycles. The number of fused-ring (bicyclic) bond motifs is 4. The Balaban J connectivity index is 0.000000154. The zero-order valence-electron chi connectivity index (χ0n) is 29.2. The van der Waals surface area contributed by atoms with Crippen LogP contribution in [0.5, 0.6) is 11.5 Å². The van der Waals surface area contributed by atoms with Gasteiger partial charge in [0.1, 0.15) is 40.4 Å². The Kier molecular flexibility index (Phi) is 9.18. The molecule has 0 unspecified atom stereocenters. The van der Waals surface area contributed by atoms with Crippen molar-refractivity contribution in [2.24, 2.45) is 9.98 Å². The fourth-order valence-electron chi connectivity index (χ4n) is 6.02. The Morgan fingerprint density at radius 1 is 0.717 bits per heavy atom. The SMILES string of the molecule is CC(C)Oc1cc2c(cc1Nc1ncnc3n[nH]c(-c4cccnc4)c13)C=NC2.CC(C)Oc1cc2c(cc1Nc1ncnc3n[nH]c(Br)c13)C=NC2. The van der Waals surface area contributed by atoms with Gasteiger partial charge in [0.25, 0.3) is 0 Å². The van der Waals surface area contributed by atoms with Crippen molar-refractivity contribution in [2.45, 2.75) is 53.0 Å². The van der Waals surface area contributed by atoms with Gasteiger partial charge in [-0.05, 0) is 102 Å². The molecular formula is C37H34BrN13O2. The van der Waals surface area contributed by atoms with E-state index in [1.807, 2.05) is 76.5 Å². The summed E-state index contributed by atoms with van der Waals surface area (Å²) in [6.45, 7) is 9.38. The van der Waals surface area contributed by atoms with Gasteiger partial charge < -0.3 is 20.1 Å². The molecule has 0 aliphatic carbocycles. The molecular weight excluding hydrogens is 738 g/mol. The topological polar surface area (TPSA) is 189 Å². The Bertz CT molecular complexity index is 2510. The predicted octanol–water partition coefficient (Wildman–Crippen LogP) is 7.46. The summed E-state index contributed by atoms with van der Waals surface area (Å²) in [5.74, 6) is 2.85. The number of benzene rings is 2. The highest BCUT2D eigenvalue weighted by Gasteiger charge is 2.20. The monoisotopic (exact) mass is 771 g/mol. The van der Waals surface area contributed by atoms with Gasteiger partial charge in [-0.15, -0.1) is 0 Å². The quantitative estimate of drug-likeness (QED) is 0.114. The molecule has 4 N–H and O–H groups in total. The van der Waals surface area contributed by atoms with E-state index < -0.39 is 0 Å². The van der Waals surface area contributed by atoms with Crippen LogP contribution in [0.4, 0.5) is 23.0 Å². The minimum atomic E-state index is 0.0428. The zero-order chi connectivity index (χ0) is 36.5. The van der Waals surface area contributed by atoms with E-state index in [0.717, 1.165) is 71.8 Å². The van der Waals surface area contributed by atoms with E-state index in [4.69, 9.17) is 9.47 Å². The van der Waals surface area contributed by atoms with Crippen LogP contribution < -0.4 is 20.1 Å². The number of aromatic amines is 2. The van der Waals surface area contributed by atoms with Gasteiger partial charge in [0, 0.05) is 30.4 Å². The maximum absolute atomic E-state index is 6.06. The third kappa shape index (κ3) is 7.00. The van der Waals surface area contributed by atoms with Crippen molar-refractivity contribution in [3.8, 4) is 22.8 Å². The number of H-pyrrole nitrogens is 2. The van der Waals surface area contributed by atoms with Crippen LogP contribution >= 0.6 is 15.9 Å². The number of anilines is 4. The molecule has 0 amide bonds. The molecule has 266 valence electrons. The van der Waals surface area contributed by atoms with E-state index in [1.165, 1.54) is 12.7 Å². The maximum atomic E-state index is 6.06. The van der Waals surface area contributed by atoms with Gasteiger partial charge in [-0.1, -0.05) is 0 Å². The van der Waals surface area contributed by atoms with Crippen LogP contribution in [0.15, 0.2) is 76.0 Å². The van der Waals surface area contributed by atoms with E-state index in [1.54, 1.807) is 12.4 Å². The van der Waals surface area contributed by atoms with Crippen molar-refractivity contribution in [3.05, 3.63) is 88.3 Å². The van der Waals surface area contributed by atoms with E-state index in [-0.39, 0.29) is 12.2 Å². The van der Waals surface area contributed by atoms with Crippen LogP contribution in [0.2, 0.25) is 0 Å². The molecule has 2 aliphatic heterocycles. The lowest BCUT2D eigenvalue weighted by Gasteiger charge is -2.17. The maximum Gasteiger partial charge on any atom is 0.187 e. The van der Waals surface area contributed by atoms with Gasteiger partial charge in [0.05, 0.1) is 53.1 Å². The van der Waals surface area contributed by atoms with E-state index >= 15 is 0 Å². The second-order valence-corrected chi connectivity index (χ2v) is 13.6. The minimum absolute atomic E-state index is 0.0428. The Morgan fingerprint density at radius 3 is 1.85 bits per heavy atom. The lowest BCUT2D eigenvalue weighted by Crippen LogP contribution is -2.09. The predicted molar refractivity (Wildman–Crippen MR) is 208 cm³/mol. The summed E-state index contributed by atoms with van der Waals surface area (Å²) in [4.78, 5) is 30.2. The zero-order valence-corrected chi connectivity index (χ0v) is 30.8. The number of ether oxygens (including phenoxy) is 2. The van der Waals surface area contributed by atoms with Crippen LogP contribution in [0.3, 0.4) is 0 Å². The van der Waals surface area contributed by atoms with Crippen molar-refractivity contribution in [1.29, 1.82) is 0 Å². The van der Waals surface area contributed by atoms with Crippen LogP contribution in [0.1, 0.15) is 49.9 Å². The third-order valence-corrected chi connectivity index (χ3v) is 8.88. The van der Waals surface area contributed by atoms with Gasteiger partial charge in [-0.25, -0.2) is 19.9 Å². The van der Waals surface area contributed by atoms with Gasteiger partial charge in [-0.3, -0.25) is 25.2 Å². The summed E-state index contributed by atoms with van der Waals surface area (Å²) in [7, 11) is 0. The van der Waals surface area contributed by atoms with Crippen molar-refractivity contribution < 1.29 is 9.47 Å². The van der Waals surface area contributed by atoms with Crippen LogP contribution in [0.25, 0.3) is 33.3 Å². The molecule has 0 radical (unpaired) electrons. The van der Waals surface area contributed by atoms with Gasteiger partial charge >= 0.3 is 0 Å². The van der Waals surface area contributed by atoms with Gasteiger partial charge in [-0.2, -0.15) is 10.2 Å². The number of pyridine rings is 1. The van der Waals surface area contributed by atoms with Crippen LogP contribution in [-0.4, -0.2) is 70.0 Å². The fraction of sp³-hybridized carbons (Fsp3) is 0.216. The number of nitrogens with zero attached hydrogens (tertiary/aromatic N) is 9. The number of hydrogen-bond acceptors (Lipinski definition) is 13. The highest BCUT2D eigenvalue weighted by atomic mass is 79.9. The molecule has 0 bridgehead atoms. The summed E-state index contributed by atoms with van der Waals surface area (Å²) in [5.41, 5.74) is 9.03. The average Bonchev–Trinajstić information content (AvgIpc) is 3.96. The lowest BCUT2D eigenvalue weighted by molar-refractivity contribution is 0.243. The van der Waals surface area contributed by atoms with Crippen molar-refractivity contribution >= 4 is 73.4 Å². The Labute approximate surface area is 312 Å². The molecule has 15 nitrogen and oxygen atoms in total. The average molecular weight is 773 g/mol. The first-order chi connectivity index (χ1) is 25.8. The molecule has 0 atom stereocenters. The van der Waals surface area contributed by atoms with Gasteiger partial charge in [0.2, 0.25) is 0 Å². The molecule has 0 saturated carbocycles. The largest absolute Gasteiger partial charge is 0.489 e. The Hall–Kier alpha value is -6.29. The second kappa shape index (κ2) is 14.4. The summed E-state index contributed by atoms with van der Waals surface area (Å²) in [5, 5.41) is 22.8. The highest BCUT2D eigenvalue weighted by molar-refractivity contribution is 9.10. The molecule has 5 aromatic heterocycles. The van der Waals surface area contributed by atoms with Crippen LogP contribution in [-0.2, 0) is 13.1 Å². The molecule has 2 aliphatic rings. The standard InChI is InChI=1S/C21H19N7O.C16H15BrN6O/c1-12(2)29-17-7-15-10-23-9-14(15)6-16(17)26-20-18-19(13-4-3-5-22-8-13)27-28-21(18)25-11-24-20;1-8(2)24-12-4-10-6-18-5-9(10)3-11(12)21-15-13-14(17)22-23-16(13)20-7-19-15/h3-9,11-12H,10H2,1-2H3,(H2,24,25,26,27,28);3-5,7-8H,6H2,1-2H3,(H2,19,20,21,22,23). The Morgan fingerprint density at radius 2 is 1.28 bits per heavy atom. The first-order valence-electron chi connectivity index (χ1n) is 17.0. The minimum Gasteiger partial charge on any atom is -0.489 e. The number of hydrogen-bond donors (Lipinski definition) is 4. The summed E-state index contributed by atoms with van der Waals surface area (Å²) in [6, 6.07) is 12.0. The molecule has 7 heterocycles. The molecule has 0 spiro atoms. The molecule has 16 heteroatoms. The van der Waals surface area contributed by atoms with Crippen molar-refractivity contribution in [2.75, 3.05) is 10.6 Å². The van der Waals surface area contributed by atoms with Crippen molar-refractivity contribution in [3.63, 3.8) is 0 Å². The molecule has 0 saturated heterocycles. The number of rotatable bonds is 9. The molecule has 53 heavy (non-hydrogen) atoms. The molecule has 9 rings (SSSR count). The number of halogens is 1. The second-order valence-electron chi connectivity index (χ2n) is 12.8. The normalized spacial score (nSPS) is 12.7. The summed E-state index contributed by atoms with van der Waals surface area (Å²) in [6.07, 6.45) is 10.4. The van der Waals surface area contributed by atoms with Crippen LogP contribution in [0, 0.1) is 0 Å². The lowest BCUT2D eigenvalue weighted by atomic mass is 10.1. The van der Waals surface area contributed by atoms with E-state index in [2.05, 4.69) is 81.9 Å². The third-order valence-electron chi connectivity index (χ3n) is 8.31. The molecule has 7 aromatic rings. The van der Waals surface area contributed by atoms with Crippen molar-refractivity contribution in [1.82, 2.24) is 45.3 Å². The summed E-state index contributed by atoms with van der Waals surface area (Å²) >= 11 is 3.45. The number of nitrogens with one attached hydrogen (secondary N) is 4. The van der Waals surface area contributed by atoms with E-state index in [0.29, 0.717) is 36.0 Å². The first-order valence-corrected chi connectivity index (χ1v) is 17.7.